The molecule has 2 saturated heterocycles. The Hall–Kier alpha value is -1.67. The summed E-state index contributed by atoms with van der Waals surface area (Å²) in [5.74, 6) is -0.244. The van der Waals surface area contributed by atoms with Gasteiger partial charge in [0.05, 0.1) is 17.5 Å². The van der Waals surface area contributed by atoms with Crippen molar-refractivity contribution in [3.05, 3.63) is 35.1 Å². The topological polar surface area (TPSA) is 60.9 Å². The van der Waals surface area contributed by atoms with Crippen LogP contribution in [0.5, 0.6) is 0 Å². The van der Waals surface area contributed by atoms with Gasteiger partial charge in [-0.3, -0.25) is 4.90 Å². The van der Waals surface area contributed by atoms with Crippen molar-refractivity contribution in [3.8, 4) is 0 Å². The highest BCUT2D eigenvalue weighted by atomic mass is 32.2. The van der Waals surface area contributed by atoms with Crippen LogP contribution in [0.25, 0.3) is 0 Å². The molecule has 0 bridgehead atoms. The van der Waals surface area contributed by atoms with Crippen LogP contribution in [0.15, 0.2) is 18.2 Å². The highest BCUT2D eigenvalue weighted by Crippen LogP contribution is 2.29. The van der Waals surface area contributed by atoms with Crippen LogP contribution in [0.1, 0.15) is 11.1 Å². The summed E-state index contributed by atoms with van der Waals surface area (Å²) in [6.07, 6.45) is 0. The van der Waals surface area contributed by atoms with Gasteiger partial charge in [0, 0.05) is 39.8 Å². The number of sulfone groups is 1. The Kier molecular flexibility index (Phi) is 4.76. The van der Waals surface area contributed by atoms with E-state index in [2.05, 4.69) is 4.90 Å². The summed E-state index contributed by atoms with van der Waals surface area (Å²) in [5.41, 5.74) is 1.67. The molecule has 2 fully saturated rings. The quantitative estimate of drug-likeness (QED) is 0.783. The number of amides is 2. The molecule has 2 aliphatic heterocycles. The zero-order chi connectivity index (χ0) is 18.4. The number of urea groups is 1. The van der Waals surface area contributed by atoms with Crippen molar-refractivity contribution in [2.45, 2.75) is 25.6 Å². The monoisotopic (exact) mass is 369 g/mol. The number of aryl methyl sites for hydroxylation is 1. The largest absolute Gasteiger partial charge is 0.331 e. The van der Waals surface area contributed by atoms with Crippen LogP contribution >= 0.6 is 0 Å². The minimum Gasteiger partial charge on any atom is -0.331 e. The molecule has 0 N–H and O–H groups in total. The number of piperazine rings is 1. The van der Waals surface area contributed by atoms with E-state index in [1.165, 1.54) is 17.0 Å². The summed E-state index contributed by atoms with van der Waals surface area (Å²) in [6, 6.07) is 4.13. The first-order chi connectivity index (χ1) is 11.7. The van der Waals surface area contributed by atoms with Gasteiger partial charge in [0.25, 0.3) is 0 Å². The molecule has 138 valence electrons. The third-order valence-electron chi connectivity index (χ3n) is 4.91. The SMILES string of the molecule is Cc1cc(F)cc(CN2CCN(C(=O)N(C)C)[C@H]3CS(=O)(=O)C[C@H]32)c1. The fraction of sp³-hybridized carbons (Fsp3) is 0.588. The maximum absolute atomic E-state index is 13.7. The lowest BCUT2D eigenvalue weighted by molar-refractivity contribution is 0.0520. The summed E-state index contributed by atoms with van der Waals surface area (Å²) < 4.78 is 38.1. The lowest BCUT2D eigenvalue weighted by Gasteiger charge is -2.44. The summed E-state index contributed by atoms with van der Waals surface area (Å²) >= 11 is 0. The zero-order valence-electron chi connectivity index (χ0n) is 14.8. The van der Waals surface area contributed by atoms with Gasteiger partial charge in [-0.25, -0.2) is 17.6 Å². The summed E-state index contributed by atoms with van der Waals surface area (Å²) in [6.45, 7) is 3.37. The molecule has 25 heavy (non-hydrogen) atoms. The second-order valence-electron chi connectivity index (χ2n) is 7.19. The Morgan fingerprint density at radius 2 is 1.88 bits per heavy atom. The Morgan fingerprint density at radius 1 is 1.20 bits per heavy atom. The molecule has 0 saturated carbocycles. The van der Waals surface area contributed by atoms with Crippen LogP contribution in [0.3, 0.4) is 0 Å². The van der Waals surface area contributed by atoms with Crippen molar-refractivity contribution in [3.63, 3.8) is 0 Å². The Balaban J connectivity index is 1.84. The molecule has 0 unspecified atom stereocenters. The van der Waals surface area contributed by atoms with Crippen molar-refractivity contribution in [2.24, 2.45) is 0 Å². The van der Waals surface area contributed by atoms with Gasteiger partial charge in [-0.1, -0.05) is 6.07 Å². The molecule has 3 rings (SSSR count). The number of hydrogen-bond donors (Lipinski definition) is 0. The Labute approximate surface area is 148 Å². The van der Waals surface area contributed by atoms with E-state index in [-0.39, 0.29) is 35.4 Å². The molecular formula is C17H24FN3O3S. The maximum Gasteiger partial charge on any atom is 0.319 e. The molecule has 0 spiro atoms. The lowest BCUT2D eigenvalue weighted by Crippen LogP contribution is -2.61. The normalized spacial score (nSPS) is 25.7. The fourth-order valence-corrected chi connectivity index (χ4v) is 5.87. The van der Waals surface area contributed by atoms with E-state index in [9.17, 15) is 17.6 Å². The molecule has 2 amide bonds. The number of rotatable bonds is 2. The molecular weight excluding hydrogens is 345 g/mol. The predicted octanol–water partition coefficient (Wildman–Crippen LogP) is 1.10. The first-order valence-electron chi connectivity index (χ1n) is 8.35. The Bertz CT molecular complexity index is 761. The minimum absolute atomic E-state index is 0.00404. The molecule has 2 heterocycles. The Morgan fingerprint density at radius 3 is 2.52 bits per heavy atom. The molecule has 0 aliphatic carbocycles. The van der Waals surface area contributed by atoms with E-state index in [4.69, 9.17) is 0 Å². The van der Waals surface area contributed by atoms with Crippen LogP contribution in [0, 0.1) is 12.7 Å². The minimum atomic E-state index is -3.19. The van der Waals surface area contributed by atoms with Crippen molar-refractivity contribution >= 4 is 15.9 Å². The van der Waals surface area contributed by atoms with E-state index in [1.54, 1.807) is 19.0 Å². The van der Waals surface area contributed by atoms with Gasteiger partial charge >= 0.3 is 6.03 Å². The smallest absolute Gasteiger partial charge is 0.319 e. The number of nitrogens with zero attached hydrogens (tertiary/aromatic N) is 3. The third-order valence-corrected chi connectivity index (χ3v) is 6.61. The number of carbonyl (C=O) groups excluding carboxylic acids is 1. The van der Waals surface area contributed by atoms with E-state index in [1.807, 2.05) is 13.0 Å². The van der Waals surface area contributed by atoms with Crippen LogP contribution in [-0.4, -0.2) is 79.9 Å². The predicted molar refractivity (Wildman–Crippen MR) is 93.6 cm³/mol. The third kappa shape index (κ3) is 3.79. The van der Waals surface area contributed by atoms with Gasteiger partial charge in [0.1, 0.15) is 5.82 Å². The van der Waals surface area contributed by atoms with Crippen molar-refractivity contribution < 1.29 is 17.6 Å². The van der Waals surface area contributed by atoms with Gasteiger partial charge in [-0.05, 0) is 30.2 Å². The maximum atomic E-state index is 13.7. The fourth-order valence-electron chi connectivity index (χ4n) is 3.85. The molecule has 1 aromatic carbocycles. The van der Waals surface area contributed by atoms with Gasteiger partial charge in [0.2, 0.25) is 0 Å². The summed E-state index contributed by atoms with van der Waals surface area (Å²) in [4.78, 5) is 17.6. The highest BCUT2D eigenvalue weighted by molar-refractivity contribution is 7.91. The van der Waals surface area contributed by atoms with Crippen molar-refractivity contribution in [1.29, 1.82) is 0 Å². The highest BCUT2D eigenvalue weighted by Gasteiger charge is 2.48. The molecule has 8 heteroatoms. The first kappa shape index (κ1) is 18.1. The first-order valence-corrected chi connectivity index (χ1v) is 10.2. The van der Waals surface area contributed by atoms with Crippen molar-refractivity contribution in [1.82, 2.24) is 14.7 Å². The molecule has 2 atom stereocenters. The zero-order valence-corrected chi connectivity index (χ0v) is 15.6. The van der Waals surface area contributed by atoms with E-state index in [0.29, 0.717) is 19.6 Å². The number of fused-ring (bicyclic) bond motifs is 1. The number of halogens is 1. The van der Waals surface area contributed by atoms with Gasteiger partial charge < -0.3 is 9.80 Å². The van der Waals surface area contributed by atoms with Crippen molar-refractivity contribution in [2.75, 3.05) is 38.7 Å². The average Bonchev–Trinajstić information content (AvgIpc) is 2.81. The van der Waals surface area contributed by atoms with E-state index < -0.39 is 9.84 Å². The summed E-state index contributed by atoms with van der Waals surface area (Å²) in [7, 11) is 0.148. The molecule has 1 aromatic rings. The van der Waals surface area contributed by atoms with Crippen LogP contribution in [-0.2, 0) is 16.4 Å². The number of hydrogen-bond acceptors (Lipinski definition) is 4. The van der Waals surface area contributed by atoms with E-state index in [0.717, 1.165) is 11.1 Å². The van der Waals surface area contributed by atoms with Gasteiger partial charge in [-0.15, -0.1) is 0 Å². The van der Waals surface area contributed by atoms with Crippen LogP contribution < -0.4 is 0 Å². The molecule has 0 radical (unpaired) electrons. The van der Waals surface area contributed by atoms with E-state index >= 15 is 0 Å². The summed E-state index contributed by atoms with van der Waals surface area (Å²) in [5, 5.41) is 0. The molecule has 6 nitrogen and oxygen atoms in total. The standard InChI is InChI=1S/C17H24FN3O3S/c1-12-6-13(8-14(18)7-12)9-20-4-5-21(17(22)19(2)3)16-11-25(23,24)10-15(16)20/h6-8,15-16H,4-5,9-11H2,1-3H3/t15-,16+/m1/s1. The van der Waals surface area contributed by atoms with Crippen LogP contribution in [0.4, 0.5) is 9.18 Å². The number of carbonyl (C=O) groups is 1. The van der Waals surface area contributed by atoms with Crippen LogP contribution in [0.2, 0.25) is 0 Å². The molecule has 2 aliphatic rings. The van der Waals surface area contributed by atoms with Gasteiger partial charge in [-0.2, -0.15) is 0 Å². The number of benzene rings is 1. The molecule has 0 aromatic heterocycles. The lowest BCUT2D eigenvalue weighted by atomic mass is 10.0. The second-order valence-corrected chi connectivity index (χ2v) is 9.34. The van der Waals surface area contributed by atoms with Gasteiger partial charge in [0.15, 0.2) is 9.84 Å². The average molecular weight is 369 g/mol. The second kappa shape index (κ2) is 6.57.